The summed E-state index contributed by atoms with van der Waals surface area (Å²) >= 11 is 0. The molecule has 2 N–H and O–H groups in total. The number of rotatable bonds is 5. The Balaban J connectivity index is 2.05. The van der Waals surface area contributed by atoms with Gasteiger partial charge in [-0.3, -0.25) is 4.79 Å². The molecular formula is C13H17N3O3S. The number of nitrogens with one attached hydrogen (secondary N) is 2. The second kappa shape index (κ2) is 5.64. The van der Waals surface area contributed by atoms with Crippen LogP contribution in [-0.4, -0.2) is 38.2 Å². The van der Waals surface area contributed by atoms with Crippen molar-refractivity contribution in [3.63, 3.8) is 0 Å². The molecule has 1 amide bonds. The first-order valence-corrected chi connectivity index (χ1v) is 8.04. The van der Waals surface area contributed by atoms with E-state index in [1.165, 1.54) is 0 Å². The first-order chi connectivity index (χ1) is 9.38. The van der Waals surface area contributed by atoms with Crippen molar-refractivity contribution in [3.8, 4) is 0 Å². The largest absolute Gasteiger partial charge is 0.351 e. The van der Waals surface area contributed by atoms with Gasteiger partial charge in [0.15, 0.2) is 0 Å². The van der Waals surface area contributed by atoms with E-state index in [1.54, 1.807) is 6.20 Å². The molecule has 7 heteroatoms. The smallest absolute Gasteiger partial charge is 0.253 e. The minimum absolute atomic E-state index is 0.176. The van der Waals surface area contributed by atoms with Crippen molar-refractivity contribution < 1.29 is 13.2 Å². The van der Waals surface area contributed by atoms with Crippen LogP contribution < -0.4 is 10.0 Å². The van der Waals surface area contributed by atoms with Gasteiger partial charge in [0.05, 0.1) is 11.8 Å². The Morgan fingerprint density at radius 3 is 2.65 bits per heavy atom. The van der Waals surface area contributed by atoms with Crippen molar-refractivity contribution in [3.05, 3.63) is 36.0 Å². The third-order valence-corrected chi connectivity index (χ3v) is 3.64. The van der Waals surface area contributed by atoms with Crippen LogP contribution in [0.15, 0.2) is 30.5 Å². The Hall–Kier alpha value is -1.86. The Kier molecular flexibility index (Phi) is 4.10. The number of amides is 1. The summed E-state index contributed by atoms with van der Waals surface area (Å²) < 4.78 is 26.0. The van der Waals surface area contributed by atoms with Crippen molar-refractivity contribution in [2.24, 2.45) is 7.05 Å². The third-order valence-electron chi connectivity index (χ3n) is 2.92. The van der Waals surface area contributed by atoms with Gasteiger partial charge in [0.2, 0.25) is 10.0 Å². The van der Waals surface area contributed by atoms with Gasteiger partial charge in [0.25, 0.3) is 5.91 Å². The van der Waals surface area contributed by atoms with Crippen molar-refractivity contribution in [2.45, 2.75) is 0 Å². The molecular weight excluding hydrogens is 278 g/mol. The summed E-state index contributed by atoms with van der Waals surface area (Å²) in [6.07, 6.45) is 2.85. The lowest BCUT2D eigenvalue weighted by Gasteiger charge is -2.04. The van der Waals surface area contributed by atoms with Crippen molar-refractivity contribution >= 4 is 26.8 Å². The second-order valence-electron chi connectivity index (χ2n) is 4.59. The van der Waals surface area contributed by atoms with Gasteiger partial charge in [-0.05, 0) is 6.07 Å². The quantitative estimate of drug-likeness (QED) is 0.786. The van der Waals surface area contributed by atoms with Crippen LogP contribution in [0.1, 0.15) is 10.4 Å². The normalized spacial score (nSPS) is 11.7. The molecule has 20 heavy (non-hydrogen) atoms. The Labute approximate surface area is 117 Å². The fourth-order valence-corrected chi connectivity index (χ4v) is 2.50. The first-order valence-electron chi connectivity index (χ1n) is 6.15. The number of benzene rings is 1. The minimum atomic E-state index is -3.22. The van der Waals surface area contributed by atoms with Crippen molar-refractivity contribution in [2.75, 3.05) is 19.3 Å². The van der Waals surface area contributed by atoms with Gasteiger partial charge in [0, 0.05) is 37.2 Å². The fourth-order valence-electron chi connectivity index (χ4n) is 2.03. The van der Waals surface area contributed by atoms with Crippen LogP contribution in [0.4, 0.5) is 0 Å². The SMILES string of the molecule is Cn1cc(C(=O)NCCNS(C)(=O)=O)c2ccccc21. The number of fused-ring (bicyclic) bond motifs is 1. The second-order valence-corrected chi connectivity index (χ2v) is 6.43. The van der Waals surface area contributed by atoms with Gasteiger partial charge in [-0.1, -0.05) is 18.2 Å². The van der Waals surface area contributed by atoms with Crippen LogP contribution in [0.25, 0.3) is 10.9 Å². The van der Waals surface area contributed by atoms with Crippen LogP contribution in [0.2, 0.25) is 0 Å². The number of nitrogens with zero attached hydrogens (tertiary/aromatic N) is 1. The van der Waals surface area contributed by atoms with E-state index in [9.17, 15) is 13.2 Å². The summed E-state index contributed by atoms with van der Waals surface area (Å²) in [4.78, 5) is 12.1. The molecule has 0 radical (unpaired) electrons. The molecule has 0 fully saturated rings. The fraction of sp³-hybridized carbons (Fsp3) is 0.308. The molecule has 0 bridgehead atoms. The Bertz CT molecular complexity index is 734. The molecule has 2 rings (SSSR count). The lowest BCUT2D eigenvalue weighted by molar-refractivity contribution is 0.0956. The topological polar surface area (TPSA) is 80.2 Å². The molecule has 1 aromatic heterocycles. The molecule has 0 unspecified atom stereocenters. The van der Waals surface area contributed by atoms with E-state index in [-0.39, 0.29) is 19.0 Å². The van der Waals surface area contributed by atoms with E-state index in [4.69, 9.17) is 0 Å². The number of hydrogen-bond acceptors (Lipinski definition) is 3. The number of para-hydroxylation sites is 1. The molecule has 108 valence electrons. The standard InChI is InChI=1S/C13H17N3O3S/c1-16-9-11(10-5-3-4-6-12(10)16)13(17)14-7-8-15-20(2,18)19/h3-6,9,15H,7-8H2,1-2H3,(H,14,17). The van der Waals surface area contributed by atoms with Gasteiger partial charge in [-0.15, -0.1) is 0 Å². The average molecular weight is 295 g/mol. The molecule has 0 saturated heterocycles. The highest BCUT2D eigenvalue weighted by Gasteiger charge is 2.12. The van der Waals surface area contributed by atoms with Crippen LogP contribution in [0, 0.1) is 0 Å². The summed E-state index contributed by atoms with van der Waals surface area (Å²) in [7, 11) is -1.34. The Morgan fingerprint density at radius 2 is 1.95 bits per heavy atom. The summed E-state index contributed by atoms with van der Waals surface area (Å²) in [6, 6.07) is 7.63. The summed E-state index contributed by atoms with van der Waals surface area (Å²) in [5, 5.41) is 3.58. The molecule has 0 saturated carbocycles. The third kappa shape index (κ3) is 3.37. The first kappa shape index (κ1) is 14.5. The van der Waals surface area contributed by atoms with E-state index >= 15 is 0 Å². The van der Waals surface area contributed by atoms with E-state index in [0.29, 0.717) is 5.56 Å². The number of sulfonamides is 1. The average Bonchev–Trinajstić information content (AvgIpc) is 2.72. The van der Waals surface area contributed by atoms with E-state index < -0.39 is 10.0 Å². The van der Waals surface area contributed by atoms with Crippen LogP contribution >= 0.6 is 0 Å². The number of aromatic nitrogens is 1. The molecule has 2 aromatic rings. The highest BCUT2D eigenvalue weighted by Crippen LogP contribution is 2.19. The summed E-state index contributed by atoms with van der Waals surface area (Å²) in [6.45, 7) is 0.421. The predicted molar refractivity (Wildman–Crippen MR) is 78.1 cm³/mol. The van der Waals surface area contributed by atoms with Gasteiger partial charge < -0.3 is 9.88 Å². The lowest BCUT2D eigenvalue weighted by atomic mass is 10.1. The number of carbonyl (C=O) groups excluding carboxylic acids is 1. The van der Waals surface area contributed by atoms with Gasteiger partial charge in [0.1, 0.15) is 0 Å². The zero-order chi connectivity index (χ0) is 14.8. The zero-order valence-corrected chi connectivity index (χ0v) is 12.2. The predicted octanol–water partition coefficient (Wildman–Crippen LogP) is 0.457. The number of hydrogen-bond donors (Lipinski definition) is 2. The maximum atomic E-state index is 12.1. The van der Waals surface area contributed by atoms with Crippen LogP contribution in [0.3, 0.4) is 0 Å². The molecule has 0 spiro atoms. The van der Waals surface area contributed by atoms with E-state index in [1.807, 2.05) is 35.9 Å². The van der Waals surface area contributed by atoms with Crippen LogP contribution in [0.5, 0.6) is 0 Å². The molecule has 0 atom stereocenters. The van der Waals surface area contributed by atoms with Crippen molar-refractivity contribution in [1.82, 2.24) is 14.6 Å². The molecule has 0 aliphatic rings. The number of carbonyl (C=O) groups is 1. The van der Waals surface area contributed by atoms with Gasteiger partial charge in [-0.25, -0.2) is 13.1 Å². The van der Waals surface area contributed by atoms with E-state index in [2.05, 4.69) is 10.0 Å². The van der Waals surface area contributed by atoms with Gasteiger partial charge in [-0.2, -0.15) is 0 Å². The lowest BCUT2D eigenvalue weighted by Crippen LogP contribution is -2.34. The molecule has 1 heterocycles. The summed E-state index contributed by atoms with van der Waals surface area (Å²) in [5.41, 5.74) is 1.56. The monoisotopic (exact) mass is 295 g/mol. The highest BCUT2D eigenvalue weighted by atomic mass is 32.2. The van der Waals surface area contributed by atoms with Crippen LogP contribution in [-0.2, 0) is 17.1 Å². The zero-order valence-electron chi connectivity index (χ0n) is 11.4. The van der Waals surface area contributed by atoms with Gasteiger partial charge >= 0.3 is 0 Å². The summed E-state index contributed by atoms with van der Waals surface area (Å²) in [5.74, 6) is -0.211. The minimum Gasteiger partial charge on any atom is -0.351 e. The molecule has 6 nitrogen and oxygen atoms in total. The molecule has 0 aliphatic carbocycles. The maximum Gasteiger partial charge on any atom is 0.253 e. The molecule has 0 aliphatic heterocycles. The highest BCUT2D eigenvalue weighted by molar-refractivity contribution is 7.88. The maximum absolute atomic E-state index is 12.1. The Morgan fingerprint density at radius 1 is 1.25 bits per heavy atom. The molecule has 1 aromatic carbocycles. The van der Waals surface area contributed by atoms with E-state index in [0.717, 1.165) is 17.2 Å². The van der Waals surface area contributed by atoms with Crippen molar-refractivity contribution in [1.29, 1.82) is 0 Å². The number of aryl methyl sites for hydroxylation is 1.